The van der Waals surface area contributed by atoms with Gasteiger partial charge in [-0.2, -0.15) is 0 Å². The quantitative estimate of drug-likeness (QED) is 0.0252. The Morgan fingerprint density at radius 3 is 1.12 bits per heavy atom. The van der Waals surface area contributed by atoms with Crippen LogP contribution in [-0.4, -0.2) is 580 Å². The second kappa shape index (κ2) is 54.5. The lowest BCUT2D eigenvalue weighted by atomic mass is 9.83. The molecule has 0 spiro atoms. The minimum absolute atomic E-state index is 0.250. The van der Waals surface area contributed by atoms with Crippen LogP contribution in [0.5, 0.6) is 0 Å². The summed E-state index contributed by atoms with van der Waals surface area (Å²) in [6, 6.07) is -7.41. The molecule has 0 radical (unpaired) electrons. The zero-order chi connectivity index (χ0) is 108. The number of aliphatic hydroxyl groups is 29. The van der Waals surface area contributed by atoms with Crippen molar-refractivity contribution in [3.8, 4) is 0 Å². The molecule has 11 heterocycles. The summed E-state index contributed by atoms with van der Waals surface area (Å²) in [5, 5.41) is 340. The number of ketones is 1. The summed E-state index contributed by atoms with van der Waals surface area (Å²) in [4.78, 5) is 67.3. The van der Waals surface area contributed by atoms with E-state index in [-0.39, 0.29) is 12.8 Å². The first kappa shape index (κ1) is 123. The van der Waals surface area contributed by atoms with Crippen molar-refractivity contribution in [2.24, 2.45) is 11.8 Å². The number of hydrogen-bond donors (Lipinski definition) is 33. The number of rotatable bonds is 44. The van der Waals surface area contributed by atoms with Crippen LogP contribution in [0.15, 0.2) is 0 Å². The maximum absolute atomic E-state index is 14.4. The van der Waals surface area contributed by atoms with Crippen molar-refractivity contribution in [2.45, 2.75) is 444 Å². The van der Waals surface area contributed by atoms with E-state index >= 15 is 0 Å². The summed E-state index contributed by atoms with van der Waals surface area (Å²) < 4.78 is 129. The van der Waals surface area contributed by atoms with E-state index in [0.29, 0.717) is 12.8 Å². The highest BCUT2D eigenvalue weighted by Crippen LogP contribution is 2.44. The number of carbonyl (C=O) groups excluding carboxylic acids is 5. The van der Waals surface area contributed by atoms with Crippen LogP contribution in [0.25, 0.3) is 0 Å². The second-order valence-corrected chi connectivity index (χ2v) is 39.2. The van der Waals surface area contributed by atoms with Gasteiger partial charge in [-0.05, 0) is 19.3 Å². The SMILES string of the molecule is CCCCCCCC(=O)[C@@]1(OCC2O[C@@H](O[C@@H]3C(CO)O[C@@H](OC4C(O)[C@H](O)[C@H](CO)O[C@@H]4O[C@@H]4C(O)[C@H](O[C@@H]5C(CO)O[C@@H](O[C@@H]6C(CO[C@@H]7O[C@@H](C)[C@@H](O)C(O)C7O)O[C@@H](C(C)C)C(NC(C)=O)[C@H]6O)C(NC(C)=O)[C@H]5O)OC(CO[C@H]5OC(CO)[C@@H](O)[C@H](O)C5O[C@@H]5OC(CO)[C@@H](O[C@@H]6OC(CO)[C@H](O)[C@H](O)C6O)[C@H](O)C5NC(C)=O)[C@H]4O)C(NC(C)=O)[C@H]3O)C(O)[C@@H](O)[C@H]2O)C[C@@H](O)[C@@H](C)C([C@H](O)[C@H](O)CO)O1. The third kappa shape index (κ3) is 28.2. The summed E-state index contributed by atoms with van der Waals surface area (Å²) in [6.45, 7) is 0.926. The normalized spacial score (nSPS) is 46.9. The molecule has 21 unspecified atom stereocenters. The third-order valence-electron chi connectivity index (χ3n) is 28.2. The van der Waals surface area contributed by atoms with E-state index in [1.165, 1.54) is 13.8 Å². The van der Waals surface area contributed by atoms with E-state index < -0.39 is 451 Å². The zero-order valence-corrected chi connectivity index (χ0v) is 81.9. The monoisotopic (exact) mass is 2140 g/mol. The lowest BCUT2D eigenvalue weighted by Crippen LogP contribution is -2.71. The van der Waals surface area contributed by atoms with Crippen LogP contribution in [0.3, 0.4) is 0 Å². The molecule has 11 aliphatic heterocycles. The summed E-state index contributed by atoms with van der Waals surface area (Å²) >= 11 is 0. The van der Waals surface area contributed by atoms with Gasteiger partial charge in [0.1, 0.15) is 244 Å². The number of nitrogens with one attached hydrogen (secondary N) is 4. The molecule has 147 heavy (non-hydrogen) atoms. The Morgan fingerprint density at radius 1 is 0.327 bits per heavy atom. The molecule has 59 heteroatoms. The Balaban J connectivity index is 0.914. The van der Waals surface area contributed by atoms with Crippen molar-refractivity contribution in [3.05, 3.63) is 0 Å². The van der Waals surface area contributed by atoms with Gasteiger partial charge in [0.15, 0.2) is 62.4 Å². The van der Waals surface area contributed by atoms with Gasteiger partial charge in [0, 0.05) is 46.5 Å². The number of unbranched alkanes of at least 4 members (excludes halogenated alkanes) is 4. The van der Waals surface area contributed by atoms with Crippen LogP contribution in [0, 0.1) is 11.8 Å². The van der Waals surface area contributed by atoms with Crippen LogP contribution >= 0.6 is 0 Å². The molecule has 0 aromatic heterocycles. The van der Waals surface area contributed by atoms with Gasteiger partial charge in [0.05, 0.1) is 96.5 Å². The van der Waals surface area contributed by atoms with Crippen LogP contribution in [0.4, 0.5) is 0 Å². The molecule has 852 valence electrons. The standard InChI is InChI=1S/C88H150N4O55/c1-10-11-12-13-14-15-45(106)88(16-34(104)28(4)71(147-88)51(108)35(105)17-93)129-26-43-55(112)63(120)68(125)84(139-43)142-73-40(22-98)137-81(49(60(73)117)92-33(9)103)146-78-65(122)54(111)38(20-96)134-87(78)144-76-56(113)42(24-128-86-77(64(121)53(110)37(19-95)133-86)145-80-48(91-32(8)102)59(116)72(39(21-97)136-80)141-83-67(124)62(119)52(109)36(18-94)132-83)138-85(69(76)126)143-74-41(23-99)135-79(47(58(74)115)90-31(7)101)140-75-44(25-127-82-66(123)61(118)50(107)29(5)130-82)131-70(27(2)3)46(57(75)114)89-30(6)100/h27-29,34-44,46-87,93-99,104-105,107-126H,10-26H2,1-9H3,(H,89,100)(H,90,101)(H,91,102)(H,92,103)/t28-,29+,34-,35-,36?,37?,38+,39?,40?,41?,42?,43?,44?,46?,47?,48?,49?,50-,51-,52+,53-,54-,55+,56-,57-,58-,59-,60-,61?,62+,63+,64+,65?,66?,67?,68?,69?,70+,71?,72-,73-,74-,75-,76+,77?,78?,79+,80+,81+,82-,83+,84+,85+,86+,87-,88-/m1/s1. The van der Waals surface area contributed by atoms with Crippen molar-refractivity contribution < 1.29 is 272 Å². The van der Waals surface area contributed by atoms with Gasteiger partial charge in [0.25, 0.3) is 0 Å². The van der Waals surface area contributed by atoms with Gasteiger partial charge in [-0.3, -0.25) is 24.0 Å². The van der Waals surface area contributed by atoms with Gasteiger partial charge < -0.3 is 269 Å². The molecule has 0 saturated carbocycles. The molecule has 11 rings (SSSR count). The molecule has 0 bridgehead atoms. The topological polar surface area (TPSA) is 914 Å². The number of carbonyl (C=O) groups is 5. The van der Waals surface area contributed by atoms with E-state index in [1.54, 1.807) is 13.8 Å². The van der Waals surface area contributed by atoms with Crippen LogP contribution in [-0.2, 0) is 123 Å². The summed E-state index contributed by atoms with van der Waals surface area (Å²) in [7, 11) is 0. The van der Waals surface area contributed by atoms with Crippen molar-refractivity contribution in [2.75, 3.05) is 66.1 Å². The third-order valence-corrected chi connectivity index (χ3v) is 28.2. The fourth-order valence-corrected chi connectivity index (χ4v) is 19.8. The van der Waals surface area contributed by atoms with E-state index in [4.69, 9.17) is 99.5 Å². The number of hydrogen-bond acceptors (Lipinski definition) is 55. The minimum Gasteiger partial charge on any atom is -0.394 e. The van der Waals surface area contributed by atoms with E-state index in [1.807, 2.05) is 6.92 Å². The van der Waals surface area contributed by atoms with Crippen LogP contribution < -0.4 is 21.3 Å². The molecule has 0 aromatic carbocycles. The Morgan fingerprint density at radius 2 is 0.673 bits per heavy atom. The highest BCUT2D eigenvalue weighted by Gasteiger charge is 2.64. The Hall–Kier alpha value is -4.45. The van der Waals surface area contributed by atoms with Gasteiger partial charge >= 0.3 is 0 Å². The van der Waals surface area contributed by atoms with Crippen molar-refractivity contribution >= 4 is 29.4 Å². The van der Waals surface area contributed by atoms with Gasteiger partial charge in [-0.1, -0.05) is 53.4 Å². The minimum atomic E-state index is -2.67. The predicted octanol–water partition coefficient (Wildman–Crippen LogP) is -18.3. The first-order valence-electron chi connectivity index (χ1n) is 49.0. The molecule has 11 fully saturated rings. The van der Waals surface area contributed by atoms with Crippen molar-refractivity contribution in [1.82, 2.24) is 21.3 Å². The maximum atomic E-state index is 14.4. The molecule has 33 N–H and O–H groups in total. The molecular formula is C88H150N4O55. The zero-order valence-electron chi connectivity index (χ0n) is 81.9. The molecule has 4 amide bonds. The number of Topliss-reactive ketones (excluding diaryl/α,β-unsaturated/α-hetero) is 1. The lowest BCUT2D eigenvalue weighted by molar-refractivity contribution is -0.399. The van der Waals surface area contributed by atoms with Crippen LogP contribution in [0.1, 0.15) is 107 Å². The summed E-state index contributed by atoms with van der Waals surface area (Å²) in [6.07, 6.45) is -101. The largest absolute Gasteiger partial charge is 0.394 e. The average molecular weight is 2140 g/mol. The Kier molecular flexibility index (Phi) is 45.5. The molecule has 0 aliphatic carbocycles. The van der Waals surface area contributed by atoms with E-state index in [0.717, 1.165) is 40.5 Å². The fourth-order valence-electron chi connectivity index (χ4n) is 19.8. The van der Waals surface area contributed by atoms with Crippen molar-refractivity contribution in [1.29, 1.82) is 0 Å². The smallest absolute Gasteiger partial charge is 0.231 e. The van der Waals surface area contributed by atoms with Gasteiger partial charge in [-0.15, -0.1) is 0 Å². The van der Waals surface area contributed by atoms with E-state index in [2.05, 4.69) is 21.3 Å². The van der Waals surface area contributed by atoms with Gasteiger partial charge in [0.2, 0.25) is 29.4 Å². The Bertz CT molecular complexity index is 4050. The van der Waals surface area contributed by atoms with Crippen molar-refractivity contribution in [3.63, 3.8) is 0 Å². The lowest BCUT2D eigenvalue weighted by Gasteiger charge is -2.51. The number of ether oxygens (including phenoxy) is 21. The van der Waals surface area contributed by atoms with Gasteiger partial charge in [-0.25, -0.2) is 0 Å². The first-order valence-corrected chi connectivity index (χ1v) is 49.0. The molecule has 56 atom stereocenters. The second-order valence-electron chi connectivity index (χ2n) is 39.2. The number of aliphatic hydroxyl groups excluding tert-OH is 29. The maximum Gasteiger partial charge on any atom is 0.231 e. The molecule has 0 aromatic rings. The number of amides is 4. The van der Waals surface area contributed by atoms with E-state index in [9.17, 15) is 172 Å². The first-order chi connectivity index (χ1) is 69.5. The highest BCUT2D eigenvalue weighted by atomic mass is 16.8. The average Bonchev–Trinajstić information content (AvgIpc) is 0.765. The summed E-state index contributed by atoms with van der Waals surface area (Å²) in [5.74, 6) is -8.53. The van der Waals surface area contributed by atoms with Crippen LogP contribution in [0.2, 0.25) is 0 Å². The highest BCUT2D eigenvalue weighted by molar-refractivity contribution is 5.86. The molecule has 59 nitrogen and oxygen atoms in total. The predicted molar refractivity (Wildman–Crippen MR) is 471 cm³/mol. The Labute approximate surface area is 841 Å². The molecule has 11 saturated heterocycles. The molecular weight excluding hydrogens is 1990 g/mol. The fraction of sp³-hybridized carbons (Fsp3) is 0.943. The summed E-state index contributed by atoms with van der Waals surface area (Å²) in [5.41, 5.74) is 0. The molecule has 11 aliphatic rings.